The third-order valence-electron chi connectivity index (χ3n) is 5.73. The molecule has 30 heavy (non-hydrogen) atoms. The number of halogens is 1. The highest BCUT2D eigenvalue weighted by molar-refractivity contribution is 6.11. The molecule has 5 rings (SSSR count). The monoisotopic (exact) mass is 402 g/mol. The summed E-state index contributed by atoms with van der Waals surface area (Å²) in [4.78, 5) is 20.1. The predicted molar refractivity (Wildman–Crippen MR) is 116 cm³/mol. The first-order valence-electron chi connectivity index (χ1n) is 10.2. The number of pyridine rings is 1. The zero-order chi connectivity index (χ0) is 20.8. The second kappa shape index (κ2) is 7.22. The molecule has 1 aliphatic rings. The summed E-state index contributed by atoms with van der Waals surface area (Å²) >= 11 is 0. The van der Waals surface area contributed by atoms with Crippen molar-refractivity contribution in [1.29, 1.82) is 0 Å². The van der Waals surface area contributed by atoms with Gasteiger partial charge in [0.2, 0.25) is 0 Å². The molecule has 0 spiro atoms. The first-order valence-corrected chi connectivity index (χ1v) is 10.2. The van der Waals surface area contributed by atoms with Crippen molar-refractivity contribution in [3.8, 4) is 11.4 Å². The van der Waals surface area contributed by atoms with Crippen LogP contribution in [0, 0.1) is 5.82 Å². The minimum absolute atomic E-state index is 0.0204. The van der Waals surface area contributed by atoms with Crippen molar-refractivity contribution in [3.63, 3.8) is 0 Å². The van der Waals surface area contributed by atoms with Gasteiger partial charge in [0.25, 0.3) is 5.91 Å². The van der Waals surface area contributed by atoms with Crippen LogP contribution in [-0.4, -0.2) is 45.4 Å². The molecule has 152 valence electrons. The molecule has 1 amide bonds. The lowest BCUT2D eigenvalue weighted by Crippen LogP contribution is -2.55. The molecule has 1 fully saturated rings. The van der Waals surface area contributed by atoms with E-state index in [0.29, 0.717) is 24.5 Å². The average Bonchev–Trinajstić information content (AvgIpc) is 3.17. The van der Waals surface area contributed by atoms with Crippen molar-refractivity contribution in [2.24, 2.45) is 0 Å². The Morgan fingerprint density at radius 1 is 1.03 bits per heavy atom. The number of carbonyl (C=O) groups excluding carboxylic acids is 1. The van der Waals surface area contributed by atoms with Crippen LogP contribution < -0.4 is 5.32 Å². The third kappa shape index (κ3) is 3.13. The van der Waals surface area contributed by atoms with Crippen LogP contribution in [0.15, 0.2) is 60.9 Å². The van der Waals surface area contributed by atoms with E-state index in [1.807, 2.05) is 46.0 Å². The molecule has 6 heteroatoms. The van der Waals surface area contributed by atoms with Crippen molar-refractivity contribution in [2.75, 3.05) is 13.1 Å². The second-order valence-electron chi connectivity index (χ2n) is 8.11. The molecule has 1 aliphatic heterocycles. The lowest BCUT2D eigenvalue weighted by atomic mass is 10.0. The van der Waals surface area contributed by atoms with Crippen molar-refractivity contribution in [2.45, 2.75) is 25.9 Å². The molecule has 2 aromatic heterocycles. The minimum atomic E-state index is -0.289. The third-order valence-corrected chi connectivity index (χ3v) is 5.73. The van der Waals surface area contributed by atoms with Gasteiger partial charge in [0.1, 0.15) is 11.6 Å². The fourth-order valence-electron chi connectivity index (χ4n) is 4.48. The summed E-state index contributed by atoms with van der Waals surface area (Å²) in [5.74, 6) is 0.418. The van der Waals surface area contributed by atoms with E-state index >= 15 is 0 Å². The highest BCUT2D eigenvalue weighted by atomic mass is 19.1. The highest BCUT2D eigenvalue weighted by Crippen LogP contribution is 2.29. The molecule has 2 unspecified atom stereocenters. The van der Waals surface area contributed by atoms with Gasteiger partial charge >= 0.3 is 0 Å². The summed E-state index contributed by atoms with van der Waals surface area (Å²) in [7, 11) is 0. The number of benzene rings is 2. The molecule has 4 aromatic rings. The maximum absolute atomic E-state index is 13.6. The Hall–Kier alpha value is -3.25. The molecule has 1 N–H and O–H groups in total. The van der Waals surface area contributed by atoms with Crippen LogP contribution in [0.25, 0.3) is 27.7 Å². The maximum Gasteiger partial charge on any atom is 0.256 e. The van der Waals surface area contributed by atoms with Crippen LogP contribution >= 0.6 is 0 Å². The molecular weight excluding hydrogens is 379 g/mol. The largest absolute Gasteiger partial charge is 0.335 e. The molecule has 2 atom stereocenters. The van der Waals surface area contributed by atoms with E-state index in [2.05, 4.69) is 24.1 Å². The van der Waals surface area contributed by atoms with Gasteiger partial charge in [-0.05, 0) is 43.5 Å². The minimum Gasteiger partial charge on any atom is -0.335 e. The van der Waals surface area contributed by atoms with Gasteiger partial charge < -0.3 is 10.2 Å². The Bertz CT molecular complexity index is 1240. The van der Waals surface area contributed by atoms with Gasteiger partial charge in [-0.25, -0.2) is 9.37 Å². The molecule has 2 aromatic carbocycles. The lowest BCUT2D eigenvalue weighted by Gasteiger charge is -2.36. The Labute approximate surface area is 174 Å². The van der Waals surface area contributed by atoms with Crippen LogP contribution in [0.4, 0.5) is 4.39 Å². The van der Waals surface area contributed by atoms with E-state index in [1.165, 1.54) is 12.1 Å². The van der Waals surface area contributed by atoms with Crippen molar-refractivity contribution >= 4 is 22.2 Å². The Morgan fingerprint density at radius 3 is 2.40 bits per heavy atom. The van der Waals surface area contributed by atoms with E-state index < -0.39 is 0 Å². The van der Waals surface area contributed by atoms with E-state index in [1.54, 1.807) is 12.1 Å². The van der Waals surface area contributed by atoms with Crippen molar-refractivity contribution in [1.82, 2.24) is 19.6 Å². The van der Waals surface area contributed by atoms with Gasteiger partial charge in [-0.3, -0.25) is 9.20 Å². The zero-order valence-electron chi connectivity index (χ0n) is 17.0. The van der Waals surface area contributed by atoms with E-state index in [4.69, 9.17) is 0 Å². The van der Waals surface area contributed by atoms with Crippen LogP contribution in [0.3, 0.4) is 0 Å². The lowest BCUT2D eigenvalue weighted by molar-refractivity contribution is 0.0675. The van der Waals surface area contributed by atoms with Gasteiger partial charge in [-0.2, -0.15) is 0 Å². The second-order valence-corrected chi connectivity index (χ2v) is 8.11. The fourth-order valence-corrected chi connectivity index (χ4v) is 4.48. The summed E-state index contributed by atoms with van der Waals surface area (Å²) in [5.41, 5.74) is 2.37. The molecule has 5 nitrogen and oxygen atoms in total. The number of hydrogen-bond acceptors (Lipinski definition) is 3. The number of nitrogens with one attached hydrogen (secondary N) is 1. The van der Waals surface area contributed by atoms with E-state index in [-0.39, 0.29) is 23.8 Å². The Kier molecular flexibility index (Phi) is 4.51. The quantitative estimate of drug-likeness (QED) is 0.549. The highest BCUT2D eigenvalue weighted by Gasteiger charge is 2.27. The number of carbonyl (C=O) groups is 1. The topological polar surface area (TPSA) is 49.6 Å². The molecule has 0 bridgehead atoms. The van der Waals surface area contributed by atoms with Crippen molar-refractivity contribution < 1.29 is 9.18 Å². The van der Waals surface area contributed by atoms with Gasteiger partial charge in [0, 0.05) is 42.3 Å². The molecular formula is C24H23FN4O. The molecule has 0 saturated carbocycles. The molecule has 0 aliphatic carbocycles. The number of rotatable bonds is 2. The summed E-state index contributed by atoms with van der Waals surface area (Å²) in [6.45, 7) is 5.54. The first kappa shape index (κ1) is 18.8. The smallest absolute Gasteiger partial charge is 0.256 e. The van der Waals surface area contributed by atoms with E-state index in [9.17, 15) is 9.18 Å². The van der Waals surface area contributed by atoms with Crippen molar-refractivity contribution in [3.05, 3.63) is 72.3 Å². The fraction of sp³-hybridized carbons (Fsp3) is 0.250. The van der Waals surface area contributed by atoms with Gasteiger partial charge in [-0.1, -0.05) is 24.3 Å². The SMILES string of the molecule is CC1CN(C(=O)c2cn3c(-c4ccc(F)cc4)ncc3c3ccccc23)CC(C)N1. The maximum atomic E-state index is 13.6. The number of fused-ring (bicyclic) bond motifs is 3. The van der Waals surface area contributed by atoms with Crippen LogP contribution in [0.2, 0.25) is 0 Å². The number of nitrogens with zero attached hydrogens (tertiary/aromatic N) is 3. The standard InChI is InChI=1S/C24H23FN4O/c1-15-12-28(13-16(2)27-15)24(30)21-14-29-22(20-6-4-3-5-19(20)21)11-26-23(29)17-7-9-18(25)10-8-17/h3-11,14-16,27H,12-13H2,1-2H3. The number of amides is 1. The number of hydrogen-bond donors (Lipinski definition) is 1. The van der Waals surface area contributed by atoms with Gasteiger partial charge in [-0.15, -0.1) is 0 Å². The van der Waals surface area contributed by atoms with Gasteiger partial charge in [0.15, 0.2) is 0 Å². The van der Waals surface area contributed by atoms with Crippen LogP contribution in [-0.2, 0) is 0 Å². The normalized spacial score (nSPS) is 19.5. The Morgan fingerprint density at radius 2 is 1.70 bits per heavy atom. The molecule has 1 saturated heterocycles. The average molecular weight is 402 g/mol. The van der Waals surface area contributed by atoms with Crippen LogP contribution in [0.5, 0.6) is 0 Å². The summed E-state index contributed by atoms with van der Waals surface area (Å²) < 4.78 is 15.3. The zero-order valence-corrected chi connectivity index (χ0v) is 17.0. The summed E-state index contributed by atoms with van der Waals surface area (Å²) in [5, 5.41) is 5.36. The number of piperazine rings is 1. The van der Waals surface area contributed by atoms with Gasteiger partial charge in [0.05, 0.1) is 17.3 Å². The number of imidazole rings is 1. The summed E-state index contributed by atoms with van der Waals surface area (Å²) in [6, 6.07) is 14.7. The first-order chi connectivity index (χ1) is 14.5. The molecule has 3 heterocycles. The molecule has 0 radical (unpaired) electrons. The predicted octanol–water partition coefficient (Wildman–Crippen LogP) is 4.12. The summed E-state index contributed by atoms with van der Waals surface area (Å²) in [6.07, 6.45) is 3.69. The van der Waals surface area contributed by atoms with E-state index in [0.717, 1.165) is 21.9 Å². The number of aromatic nitrogens is 2. The Balaban J connectivity index is 1.69. The van der Waals surface area contributed by atoms with Crippen LogP contribution in [0.1, 0.15) is 24.2 Å².